The van der Waals surface area contributed by atoms with Crippen LogP contribution in [0.4, 0.5) is 0 Å². The van der Waals surface area contributed by atoms with Gasteiger partial charge in [-0.3, -0.25) is 0 Å². The number of hydrogen-bond donors (Lipinski definition) is 1. The molecule has 0 radical (unpaired) electrons. The Morgan fingerprint density at radius 2 is 2.00 bits per heavy atom. The van der Waals surface area contributed by atoms with Crippen LogP contribution >= 0.6 is 11.6 Å². The predicted octanol–water partition coefficient (Wildman–Crippen LogP) is 2.50. The summed E-state index contributed by atoms with van der Waals surface area (Å²) in [5, 5.41) is 3.08. The molecular formula is C12H18ClNO2S. The fourth-order valence-corrected chi connectivity index (χ4v) is 3.49. The van der Waals surface area contributed by atoms with E-state index in [-0.39, 0.29) is 10.9 Å². The van der Waals surface area contributed by atoms with Crippen LogP contribution in [0.15, 0.2) is 29.2 Å². The first-order chi connectivity index (χ1) is 7.89. The van der Waals surface area contributed by atoms with E-state index in [2.05, 4.69) is 5.32 Å². The minimum atomic E-state index is -3.33. The molecule has 0 aliphatic rings. The number of rotatable bonds is 5. The van der Waals surface area contributed by atoms with Gasteiger partial charge in [0.25, 0.3) is 0 Å². The Labute approximate surface area is 108 Å². The minimum absolute atomic E-state index is 0.0935. The molecule has 17 heavy (non-hydrogen) atoms. The lowest BCUT2D eigenvalue weighted by atomic mass is 10.2. The van der Waals surface area contributed by atoms with E-state index >= 15 is 0 Å². The molecule has 0 aliphatic heterocycles. The standard InChI is InChI=1S/C12H18ClNO2S/c1-4-14-9(2)10(3)17(15,16)12-7-5-6-11(13)8-12/h5-10,14H,4H2,1-3H3. The zero-order valence-corrected chi connectivity index (χ0v) is 11.8. The summed E-state index contributed by atoms with van der Waals surface area (Å²) in [6.45, 7) is 6.28. The third kappa shape index (κ3) is 3.44. The van der Waals surface area contributed by atoms with Gasteiger partial charge in [0.05, 0.1) is 10.1 Å². The van der Waals surface area contributed by atoms with Crippen LogP contribution in [0.3, 0.4) is 0 Å². The second-order valence-corrected chi connectivity index (χ2v) is 6.80. The molecule has 5 heteroatoms. The average molecular weight is 276 g/mol. The van der Waals surface area contributed by atoms with Crippen LogP contribution in [0, 0.1) is 0 Å². The van der Waals surface area contributed by atoms with Crippen molar-refractivity contribution in [3.8, 4) is 0 Å². The fraction of sp³-hybridized carbons (Fsp3) is 0.500. The zero-order chi connectivity index (χ0) is 13.1. The molecule has 0 aliphatic carbocycles. The summed E-state index contributed by atoms with van der Waals surface area (Å²) in [6.07, 6.45) is 0. The molecule has 0 fully saturated rings. The minimum Gasteiger partial charge on any atom is -0.313 e. The average Bonchev–Trinajstić information content (AvgIpc) is 2.28. The van der Waals surface area contributed by atoms with E-state index in [1.165, 1.54) is 6.07 Å². The summed E-state index contributed by atoms with van der Waals surface area (Å²) >= 11 is 5.82. The van der Waals surface area contributed by atoms with Gasteiger partial charge in [-0.15, -0.1) is 0 Å². The van der Waals surface area contributed by atoms with E-state index in [1.807, 2.05) is 13.8 Å². The normalized spacial score (nSPS) is 15.5. The van der Waals surface area contributed by atoms with Crippen molar-refractivity contribution >= 4 is 21.4 Å². The molecule has 3 nitrogen and oxygen atoms in total. The van der Waals surface area contributed by atoms with E-state index < -0.39 is 15.1 Å². The maximum Gasteiger partial charge on any atom is 0.182 e. The molecule has 0 aromatic heterocycles. The van der Waals surface area contributed by atoms with Crippen LogP contribution < -0.4 is 5.32 Å². The molecule has 0 saturated heterocycles. The third-order valence-electron chi connectivity index (χ3n) is 2.84. The Hall–Kier alpha value is -0.580. The van der Waals surface area contributed by atoms with Crippen LogP contribution in [0.1, 0.15) is 20.8 Å². The van der Waals surface area contributed by atoms with Crippen molar-refractivity contribution in [3.63, 3.8) is 0 Å². The molecule has 1 aromatic rings. The van der Waals surface area contributed by atoms with Gasteiger partial charge in [-0.05, 0) is 38.6 Å². The Balaban J connectivity index is 3.03. The monoisotopic (exact) mass is 275 g/mol. The van der Waals surface area contributed by atoms with Gasteiger partial charge in [0.1, 0.15) is 0 Å². The van der Waals surface area contributed by atoms with Crippen molar-refractivity contribution in [3.05, 3.63) is 29.3 Å². The molecule has 0 bridgehead atoms. The Kier molecular flexibility index (Phi) is 4.98. The van der Waals surface area contributed by atoms with Gasteiger partial charge >= 0.3 is 0 Å². The van der Waals surface area contributed by atoms with Gasteiger partial charge < -0.3 is 5.32 Å². The summed E-state index contributed by atoms with van der Waals surface area (Å²) < 4.78 is 24.6. The molecule has 0 heterocycles. The zero-order valence-electron chi connectivity index (χ0n) is 10.3. The molecule has 2 atom stereocenters. The second kappa shape index (κ2) is 5.85. The largest absolute Gasteiger partial charge is 0.313 e. The van der Waals surface area contributed by atoms with Crippen LogP contribution in [0.2, 0.25) is 5.02 Å². The highest BCUT2D eigenvalue weighted by atomic mass is 35.5. The molecule has 1 N–H and O–H groups in total. The van der Waals surface area contributed by atoms with Gasteiger partial charge in [0, 0.05) is 11.1 Å². The van der Waals surface area contributed by atoms with E-state index in [9.17, 15) is 8.42 Å². The van der Waals surface area contributed by atoms with E-state index in [0.717, 1.165) is 6.54 Å². The SMILES string of the molecule is CCNC(C)C(C)S(=O)(=O)c1cccc(Cl)c1. The molecular weight excluding hydrogens is 258 g/mol. The van der Waals surface area contributed by atoms with Crippen LogP contribution in [-0.2, 0) is 9.84 Å². The second-order valence-electron chi connectivity index (χ2n) is 4.05. The number of sulfone groups is 1. The van der Waals surface area contributed by atoms with Crippen molar-refractivity contribution in [2.75, 3.05) is 6.54 Å². The quantitative estimate of drug-likeness (QED) is 0.898. The number of benzene rings is 1. The van der Waals surface area contributed by atoms with Crippen molar-refractivity contribution < 1.29 is 8.42 Å². The highest BCUT2D eigenvalue weighted by Gasteiger charge is 2.27. The van der Waals surface area contributed by atoms with Crippen molar-refractivity contribution in [1.29, 1.82) is 0 Å². The topological polar surface area (TPSA) is 46.2 Å². The van der Waals surface area contributed by atoms with E-state index in [1.54, 1.807) is 25.1 Å². The molecule has 2 unspecified atom stereocenters. The maximum atomic E-state index is 12.3. The Morgan fingerprint density at radius 3 is 2.53 bits per heavy atom. The lowest BCUT2D eigenvalue weighted by molar-refractivity contribution is 0.521. The van der Waals surface area contributed by atoms with Gasteiger partial charge in [-0.25, -0.2) is 8.42 Å². The third-order valence-corrected chi connectivity index (χ3v) is 5.38. The molecule has 1 aromatic carbocycles. The number of halogens is 1. The molecule has 1 rings (SSSR count). The van der Waals surface area contributed by atoms with Gasteiger partial charge in [0.2, 0.25) is 0 Å². The Bertz CT molecular complexity index is 473. The number of hydrogen-bond acceptors (Lipinski definition) is 3. The lowest BCUT2D eigenvalue weighted by Crippen LogP contribution is -2.40. The first kappa shape index (κ1) is 14.5. The summed E-state index contributed by atoms with van der Waals surface area (Å²) in [6, 6.07) is 6.30. The molecule has 0 spiro atoms. The van der Waals surface area contributed by atoms with Gasteiger partial charge in [-0.1, -0.05) is 24.6 Å². The van der Waals surface area contributed by atoms with Crippen molar-refractivity contribution in [1.82, 2.24) is 5.32 Å². The van der Waals surface area contributed by atoms with E-state index in [0.29, 0.717) is 5.02 Å². The molecule has 0 amide bonds. The fourth-order valence-electron chi connectivity index (χ4n) is 1.62. The van der Waals surface area contributed by atoms with Gasteiger partial charge in [0.15, 0.2) is 9.84 Å². The smallest absolute Gasteiger partial charge is 0.182 e. The number of nitrogens with one attached hydrogen (secondary N) is 1. The van der Waals surface area contributed by atoms with Gasteiger partial charge in [-0.2, -0.15) is 0 Å². The highest BCUT2D eigenvalue weighted by Crippen LogP contribution is 2.21. The maximum absolute atomic E-state index is 12.3. The van der Waals surface area contributed by atoms with Crippen molar-refractivity contribution in [2.24, 2.45) is 0 Å². The predicted molar refractivity (Wildman–Crippen MR) is 71.2 cm³/mol. The highest BCUT2D eigenvalue weighted by molar-refractivity contribution is 7.92. The lowest BCUT2D eigenvalue weighted by Gasteiger charge is -2.21. The summed E-state index contributed by atoms with van der Waals surface area (Å²) in [4.78, 5) is 0.280. The first-order valence-corrected chi connectivity index (χ1v) is 7.55. The molecule has 0 saturated carbocycles. The first-order valence-electron chi connectivity index (χ1n) is 5.62. The summed E-state index contributed by atoms with van der Waals surface area (Å²) in [7, 11) is -3.33. The van der Waals surface area contributed by atoms with Crippen LogP contribution in [0.25, 0.3) is 0 Å². The van der Waals surface area contributed by atoms with Crippen molar-refractivity contribution in [2.45, 2.75) is 37.0 Å². The summed E-state index contributed by atoms with van der Waals surface area (Å²) in [5.41, 5.74) is 0. The molecule has 96 valence electrons. The van der Waals surface area contributed by atoms with E-state index in [4.69, 9.17) is 11.6 Å². The van der Waals surface area contributed by atoms with Crippen LogP contribution in [0.5, 0.6) is 0 Å². The summed E-state index contributed by atoms with van der Waals surface area (Å²) in [5.74, 6) is 0. The van der Waals surface area contributed by atoms with Crippen LogP contribution in [-0.4, -0.2) is 26.3 Å². The Morgan fingerprint density at radius 1 is 1.35 bits per heavy atom.